The third-order valence-corrected chi connectivity index (χ3v) is 2.85. The predicted octanol–water partition coefficient (Wildman–Crippen LogP) is 2.42. The van der Waals surface area contributed by atoms with Crippen LogP contribution in [-0.2, 0) is 6.54 Å². The molecule has 1 rings (SSSR count). The van der Waals surface area contributed by atoms with E-state index in [4.69, 9.17) is 4.42 Å². The summed E-state index contributed by atoms with van der Waals surface area (Å²) in [6.07, 6.45) is 2.21. The Hall–Kier alpha value is -1.10. The second kappa shape index (κ2) is 6.59. The van der Waals surface area contributed by atoms with Crippen LogP contribution in [0.2, 0.25) is 0 Å². The minimum atomic E-state index is 0.245. The van der Waals surface area contributed by atoms with Crippen LogP contribution in [0, 0.1) is 5.41 Å². The van der Waals surface area contributed by atoms with Gasteiger partial charge in [0, 0.05) is 6.54 Å². The molecule has 0 saturated heterocycles. The molecule has 5 nitrogen and oxygen atoms in total. The minimum absolute atomic E-state index is 0.245. The van der Waals surface area contributed by atoms with Crippen molar-refractivity contribution in [2.45, 2.75) is 47.1 Å². The lowest BCUT2D eigenvalue weighted by Crippen LogP contribution is -2.22. The van der Waals surface area contributed by atoms with Gasteiger partial charge in [0.25, 0.3) is 0 Å². The number of nitrogens with zero attached hydrogens (tertiary/aromatic N) is 2. The molecule has 5 heteroatoms. The summed E-state index contributed by atoms with van der Waals surface area (Å²) in [6, 6.07) is 0.514. The third kappa shape index (κ3) is 5.17. The van der Waals surface area contributed by atoms with E-state index in [1.165, 1.54) is 0 Å². The molecule has 0 atom stereocenters. The van der Waals surface area contributed by atoms with E-state index in [0.29, 0.717) is 18.5 Å². The van der Waals surface area contributed by atoms with Crippen LogP contribution in [0.1, 0.15) is 46.4 Å². The number of hydrogen-bond acceptors (Lipinski definition) is 5. The van der Waals surface area contributed by atoms with E-state index >= 15 is 0 Å². The molecule has 0 saturated carbocycles. The standard InChI is InChI=1S/C12H24N4O/c1-5-7-13-8-10-15-16-11(17-10)14-9-12(3,4)6-2/h13H,5-9H2,1-4H3,(H,14,16). The first-order chi connectivity index (χ1) is 8.07. The van der Waals surface area contributed by atoms with Gasteiger partial charge in [0.15, 0.2) is 0 Å². The van der Waals surface area contributed by atoms with Crippen molar-refractivity contribution in [3.8, 4) is 0 Å². The van der Waals surface area contributed by atoms with E-state index in [9.17, 15) is 0 Å². The molecule has 0 aromatic carbocycles. The smallest absolute Gasteiger partial charge is 0.315 e. The predicted molar refractivity (Wildman–Crippen MR) is 68.9 cm³/mol. The average Bonchev–Trinajstić information content (AvgIpc) is 2.75. The second-order valence-electron chi connectivity index (χ2n) is 5.05. The minimum Gasteiger partial charge on any atom is -0.407 e. The van der Waals surface area contributed by atoms with Crippen molar-refractivity contribution >= 4 is 6.01 Å². The zero-order valence-corrected chi connectivity index (χ0v) is 11.3. The second-order valence-corrected chi connectivity index (χ2v) is 5.05. The normalized spacial score (nSPS) is 11.8. The van der Waals surface area contributed by atoms with E-state index in [0.717, 1.165) is 25.9 Å². The maximum absolute atomic E-state index is 5.47. The zero-order chi connectivity index (χ0) is 12.7. The van der Waals surface area contributed by atoms with Crippen molar-refractivity contribution in [3.63, 3.8) is 0 Å². The SMILES string of the molecule is CCCNCc1nnc(NCC(C)(C)CC)o1. The zero-order valence-electron chi connectivity index (χ0n) is 11.3. The van der Waals surface area contributed by atoms with Crippen molar-refractivity contribution in [2.75, 3.05) is 18.4 Å². The van der Waals surface area contributed by atoms with Gasteiger partial charge in [0.2, 0.25) is 5.89 Å². The molecule has 1 heterocycles. The molecule has 0 aliphatic carbocycles. The summed E-state index contributed by atoms with van der Waals surface area (Å²) >= 11 is 0. The number of rotatable bonds is 8. The Morgan fingerprint density at radius 1 is 1.24 bits per heavy atom. The molecule has 17 heavy (non-hydrogen) atoms. The van der Waals surface area contributed by atoms with Gasteiger partial charge in [0.1, 0.15) is 0 Å². The number of anilines is 1. The number of aromatic nitrogens is 2. The highest BCUT2D eigenvalue weighted by Crippen LogP contribution is 2.20. The lowest BCUT2D eigenvalue weighted by Gasteiger charge is -2.21. The van der Waals surface area contributed by atoms with Crippen LogP contribution in [0.3, 0.4) is 0 Å². The molecule has 0 fully saturated rings. The van der Waals surface area contributed by atoms with Crippen LogP contribution in [-0.4, -0.2) is 23.3 Å². The van der Waals surface area contributed by atoms with Crippen LogP contribution < -0.4 is 10.6 Å². The molecule has 1 aromatic rings. The van der Waals surface area contributed by atoms with Gasteiger partial charge in [-0.15, -0.1) is 5.10 Å². The van der Waals surface area contributed by atoms with Crippen molar-refractivity contribution in [2.24, 2.45) is 5.41 Å². The van der Waals surface area contributed by atoms with Crippen LogP contribution in [0.15, 0.2) is 4.42 Å². The van der Waals surface area contributed by atoms with Gasteiger partial charge in [-0.3, -0.25) is 0 Å². The van der Waals surface area contributed by atoms with Crippen molar-refractivity contribution in [3.05, 3.63) is 5.89 Å². The molecule has 0 aliphatic rings. The van der Waals surface area contributed by atoms with Gasteiger partial charge < -0.3 is 15.1 Å². The summed E-state index contributed by atoms with van der Waals surface area (Å²) in [5.41, 5.74) is 0.245. The van der Waals surface area contributed by atoms with Crippen LogP contribution in [0.25, 0.3) is 0 Å². The van der Waals surface area contributed by atoms with Crippen molar-refractivity contribution in [1.29, 1.82) is 0 Å². The Morgan fingerprint density at radius 2 is 2.00 bits per heavy atom. The van der Waals surface area contributed by atoms with Gasteiger partial charge in [-0.1, -0.05) is 32.8 Å². The first-order valence-electron chi connectivity index (χ1n) is 6.34. The summed E-state index contributed by atoms with van der Waals surface area (Å²) in [6.45, 7) is 11.2. The number of nitrogens with one attached hydrogen (secondary N) is 2. The average molecular weight is 240 g/mol. The Balaban J connectivity index is 2.35. The first-order valence-corrected chi connectivity index (χ1v) is 6.34. The Labute approximate surface area is 103 Å². The quantitative estimate of drug-likeness (QED) is 0.683. The van der Waals surface area contributed by atoms with Crippen molar-refractivity contribution < 1.29 is 4.42 Å². The summed E-state index contributed by atoms with van der Waals surface area (Å²) in [5, 5.41) is 14.3. The first kappa shape index (κ1) is 14.0. The molecular formula is C12H24N4O. The fourth-order valence-corrected chi connectivity index (χ4v) is 1.21. The summed E-state index contributed by atoms with van der Waals surface area (Å²) in [5.74, 6) is 0.634. The third-order valence-electron chi connectivity index (χ3n) is 2.85. The fourth-order valence-electron chi connectivity index (χ4n) is 1.21. The summed E-state index contributed by atoms with van der Waals surface area (Å²) in [4.78, 5) is 0. The van der Waals surface area contributed by atoms with Gasteiger partial charge >= 0.3 is 6.01 Å². The molecule has 0 spiro atoms. The molecule has 0 bridgehead atoms. The van der Waals surface area contributed by atoms with Crippen molar-refractivity contribution in [1.82, 2.24) is 15.5 Å². The van der Waals surface area contributed by atoms with Gasteiger partial charge in [-0.25, -0.2) is 0 Å². The molecule has 0 radical (unpaired) electrons. The molecule has 0 amide bonds. The lowest BCUT2D eigenvalue weighted by molar-refractivity contribution is 0.370. The van der Waals surface area contributed by atoms with E-state index in [1.54, 1.807) is 0 Å². The molecule has 0 aliphatic heterocycles. The maximum atomic E-state index is 5.47. The summed E-state index contributed by atoms with van der Waals surface area (Å²) in [7, 11) is 0. The van der Waals surface area contributed by atoms with Gasteiger partial charge in [-0.2, -0.15) is 0 Å². The molecule has 1 aromatic heterocycles. The molecule has 2 N–H and O–H groups in total. The van der Waals surface area contributed by atoms with E-state index in [1.807, 2.05) is 0 Å². The molecule has 98 valence electrons. The highest BCUT2D eigenvalue weighted by atomic mass is 16.4. The largest absolute Gasteiger partial charge is 0.407 e. The van der Waals surface area contributed by atoms with Crippen LogP contribution >= 0.6 is 0 Å². The fraction of sp³-hybridized carbons (Fsp3) is 0.833. The van der Waals surface area contributed by atoms with E-state index in [-0.39, 0.29) is 5.41 Å². The number of hydrogen-bond donors (Lipinski definition) is 2. The highest BCUT2D eigenvalue weighted by molar-refractivity contribution is 5.17. The van der Waals surface area contributed by atoms with E-state index in [2.05, 4.69) is 48.5 Å². The van der Waals surface area contributed by atoms with Gasteiger partial charge in [0.05, 0.1) is 6.54 Å². The Morgan fingerprint density at radius 3 is 2.65 bits per heavy atom. The molecular weight excluding hydrogens is 216 g/mol. The topological polar surface area (TPSA) is 63.0 Å². The monoisotopic (exact) mass is 240 g/mol. The van der Waals surface area contributed by atoms with E-state index < -0.39 is 0 Å². The van der Waals surface area contributed by atoms with Crippen LogP contribution in [0.4, 0.5) is 6.01 Å². The Kier molecular flexibility index (Phi) is 5.41. The van der Waals surface area contributed by atoms with Crippen LogP contribution in [0.5, 0.6) is 0 Å². The van der Waals surface area contributed by atoms with Gasteiger partial charge in [-0.05, 0) is 24.8 Å². The molecule has 0 unspecified atom stereocenters. The lowest BCUT2D eigenvalue weighted by atomic mass is 9.90. The Bertz CT molecular complexity index is 322. The maximum Gasteiger partial charge on any atom is 0.315 e. The summed E-state index contributed by atoms with van der Waals surface area (Å²) < 4.78 is 5.47. The highest BCUT2D eigenvalue weighted by Gasteiger charge is 2.16.